The zero-order valence-corrected chi connectivity index (χ0v) is 15.5. The molecule has 1 saturated carbocycles. The van der Waals surface area contributed by atoms with E-state index >= 15 is 0 Å². The molecule has 2 aromatic rings. The molecule has 0 spiro atoms. The summed E-state index contributed by atoms with van der Waals surface area (Å²) < 4.78 is 0.895. The van der Waals surface area contributed by atoms with Gasteiger partial charge in [0.05, 0.1) is 11.7 Å². The standard InChI is InChI=1S/C19H19IN2O2/c1-12-11-14(12)17(13-7-3-2-4-8-13)22-19(24)18(23)21-16-10-6-5-9-15(16)20/h2-10,12,14,17H,11H2,1H3,(H,21,23)(H,22,24). The number of rotatable bonds is 4. The van der Waals surface area contributed by atoms with E-state index in [2.05, 4.69) is 40.1 Å². The first-order chi connectivity index (χ1) is 11.6. The van der Waals surface area contributed by atoms with E-state index in [1.165, 1.54) is 0 Å². The van der Waals surface area contributed by atoms with Crippen molar-refractivity contribution in [2.45, 2.75) is 19.4 Å². The van der Waals surface area contributed by atoms with Crippen molar-refractivity contribution in [3.05, 3.63) is 63.7 Å². The molecule has 1 aliphatic carbocycles. The summed E-state index contributed by atoms with van der Waals surface area (Å²) in [4.78, 5) is 24.6. The SMILES string of the molecule is CC1CC1C(NC(=O)C(=O)Nc1ccccc1I)c1ccccc1. The second kappa shape index (κ2) is 7.34. The van der Waals surface area contributed by atoms with Gasteiger partial charge in [-0.25, -0.2) is 0 Å². The molecule has 5 heteroatoms. The first kappa shape index (κ1) is 17.0. The summed E-state index contributed by atoms with van der Waals surface area (Å²) in [6.07, 6.45) is 1.07. The van der Waals surface area contributed by atoms with E-state index in [-0.39, 0.29) is 6.04 Å². The van der Waals surface area contributed by atoms with Crippen molar-refractivity contribution in [3.63, 3.8) is 0 Å². The molecule has 124 valence electrons. The van der Waals surface area contributed by atoms with Crippen molar-refractivity contribution in [3.8, 4) is 0 Å². The van der Waals surface area contributed by atoms with Gasteiger partial charge in [0.1, 0.15) is 0 Å². The maximum absolute atomic E-state index is 12.4. The van der Waals surface area contributed by atoms with Gasteiger partial charge >= 0.3 is 11.8 Å². The van der Waals surface area contributed by atoms with Crippen LogP contribution >= 0.6 is 22.6 Å². The minimum Gasteiger partial charge on any atom is -0.341 e. The van der Waals surface area contributed by atoms with Crippen molar-refractivity contribution in [1.82, 2.24) is 5.32 Å². The number of hydrogen-bond donors (Lipinski definition) is 2. The number of nitrogens with one attached hydrogen (secondary N) is 2. The molecular weight excluding hydrogens is 415 g/mol. The first-order valence-electron chi connectivity index (χ1n) is 7.97. The van der Waals surface area contributed by atoms with Crippen LogP contribution in [0.4, 0.5) is 5.69 Å². The van der Waals surface area contributed by atoms with Crippen LogP contribution in [0, 0.1) is 15.4 Å². The molecule has 0 bridgehead atoms. The Morgan fingerprint density at radius 2 is 1.67 bits per heavy atom. The minimum absolute atomic E-state index is 0.116. The highest BCUT2D eigenvalue weighted by molar-refractivity contribution is 14.1. The summed E-state index contributed by atoms with van der Waals surface area (Å²) in [5.74, 6) is -0.273. The lowest BCUT2D eigenvalue weighted by molar-refractivity contribution is -0.136. The van der Waals surface area contributed by atoms with Crippen LogP contribution in [0.25, 0.3) is 0 Å². The summed E-state index contributed by atoms with van der Waals surface area (Å²) in [6, 6.07) is 17.1. The topological polar surface area (TPSA) is 58.2 Å². The summed E-state index contributed by atoms with van der Waals surface area (Å²) in [6.45, 7) is 2.17. The minimum atomic E-state index is -0.631. The van der Waals surface area contributed by atoms with Gasteiger partial charge in [-0.15, -0.1) is 0 Å². The van der Waals surface area contributed by atoms with Gasteiger partial charge in [-0.2, -0.15) is 0 Å². The molecule has 0 radical (unpaired) electrons. The van der Waals surface area contributed by atoms with Gasteiger partial charge in [0.2, 0.25) is 0 Å². The smallest absolute Gasteiger partial charge is 0.313 e. The average molecular weight is 434 g/mol. The van der Waals surface area contributed by atoms with E-state index in [1.807, 2.05) is 48.5 Å². The van der Waals surface area contributed by atoms with Crippen LogP contribution in [0.1, 0.15) is 24.9 Å². The van der Waals surface area contributed by atoms with E-state index in [0.717, 1.165) is 15.6 Å². The Hall–Kier alpha value is -1.89. The van der Waals surface area contributed by atoms with Crippen LogP contribution in [-0.2, 0) is 9.59 Å². The summed E-state index contributed by atoms with van der Waals surface area (Å²) in [5, 5.41) is 5.59. The number of amides is 2. The molecule has 3 rings (SSSR count). The predicted molar refractivity (Wildman–Crippen MR) is 102 cm³/mol. The maximum atomic E-state index is 12.4. The van der Waals surface area contributed by atoms with Crippen molar-refractivity contribution < 1.29 is 9.59 Å². The van der Waals surface area contributed by atoms with E-state index in [1.54, 1.807) is 6.07 Å². The number of para-hydroxylation sites is 1. The second-order valence-corrected chi connectivity index (χ2v) is 7.33. The van der Waals surface area contributed by atoms with Crippen LogP contribution in [-0.4, -0.2) is 11.8 Å². The lowest BCUT2D eigenvalue weighted by Crippen LogP contribution is -2.38. The lowest BCUT2D eigenvalue weighted by Gasteiger charge is -2.19. The van der Waals surface area contributed by atoms with E-state index < -0.39 is 11.8 Å². The Balaban J connectivity index is 1.69. The first-order valence-corrected chi connectivity index (χ1v) is 9.05. The fourth-order valence-electron chi connectivity index (χ4n) is 2.86. The van der Waals surface area contributed by atoms with Crippen molar-refractivity contribution in [1.29, 1.82) is 0 Å². The van der Waals surface area contributed by atoms with Gasteiger partial charge in [-0.05, 0) is 58.5 Å². The highest BCUT2D eigenvalue weighted by Gasteiger charge is 2.41. The molecular formula is C19H19IN2O2. The largest absolute Gasteiger partial charge is 0.341 e. The quantitative estimate of drug-likeness (QED) is 0.569. The number of carbonyl (C=O) groups is 2. The fourth-order valence-corrected chi connectivity index (χ4v) is 3.38. The Kier molecular flexibility index (Phi) is 5.18. The molecule has 1 fully saturated rings. The molecule has 3 unspecified atom stereocenters. The van der Waals surface area contributed by atoms with Gasteiger partial charge < -0.3 is 10.6 Å². The van der Waals surface area contributed by atoms with E-state index in [0.29, 0.717) is 17.5 Å². The molecule has 0 aromatic heterocycles. The number of halogens is 1. The highest BCUT2D eigenvalue weighted by atomic mass is 127. The normalized spacial score (nSPS) is 20.1. The molecule has 2 aromatic carbocycles. The number of hydrogen-bond acceptors (Lipinski definition) is 2. The molecule has 0 heterocycles. The molecule has 0 aliphatic heterocycles. The van der Waals surface area contributed by atoms with Gasteiger partial charge in [-0.1, -0.05) is 49.4 Å². The fraction of sp³-hybridized carbons (Fsp3) is 0.263. The van der Waals surface area contributed by atoms with Gasteiger partial charge in [0.25, 0.3) is 0 Å². The van der Waals surface area contributed by atoms with Gasteiger partial charge in [-0.3, -0.25) is 9.59 Å². The third kappa shape index (κ3) is 3.95. The molecule has 0 saturated heterocycles. The number of anilines is 1. The van der Waals surface area contributed by atoms with Crippen molar-refractivity contribution in [2.24, 2.45) is 11.8 Å². The van der Waals surface area contributed by atoms with Crippen LogP contribution < -0.4 is 10.6 Å². The van der Waals surface area contributed by atoms with Crippen LogP contribution in [0.15, 0.2) is 54.6 Å². The van der Waals surface area contributed by atoms with Gasteiger partial charge in [0.15, 0.2) is 0 Å². The summed E-state index contributed by atoms with van der Waals surface area (Å²) >= 11 is 2.13. The monoisotopic (exact) mass is 434 g/mol. The molecule has 4 nitrogen and oxygen atoms in total. The predicted octanol–water partition coefficient (Wildman–Crippen LogP) is 3.74. The van der Waals surface area contributed by atoms with E-state index in [9.17, 15) is 9.59 Å². The molecule has 2 N–H and O–H groups in total. The lowest BCUT2D eigenvalue weighted by atomic mass is 10.0. The van der Waals surface area contributed by atoms with Crippen LogP contribution in [0.3, 0.4) is 0 Å². The Bertz CT molecular complexity index is 748. The average Bonchev–Trinajstić information content (AvgIpc) is 3.31. The molecule has 3 atom stereocenters. The second-order valence-electron chi connectivity index (χ2n) is 6.17. The third-order valence-electron chi connectivity index (χ3n) is 4.37. The maximum Gasteiger partial charge on any atom is 0.313 e. The number of benzene rings is 2. The third-order valence-corrected chi connectivity index (χ3v) is 5.31. The Labute approximate surface area is 155 Å². The summed E-state index contributed by atoms with van der Waals surface area (Å²) in [5.41, 5.74) is 1.69. The zero-order chi connectivity index (χ0) is 17.1. The van der Waals surface area contributed by atoms with Crippen LogP contribution in [0.2, 0.25) is 0 Å². The Morgan fingerprint density at radius 3 is 2.29 bits per heavy atom. The highest BCUT2D eigenvalue weighted by Crippen LogP contribution is 2.46. The van der Waals surface area contributed by atoms with Crippen molar-refractivity contribution >= 4 is 40.1 Å². The van der Waals surface area contributed by atoms with Crippen LogP contribution in [0.5, 0.6) is 0 Å². The zero-order valence-electron chi connectivity index (χ0n) is 13.3. The molecule has 24 heavy (non-hydrogen) atoms. The summed E-state index contributed by atoms with van der Waals surface area (Å²) in [7, 11) is 0. The van der Waals surface area contributed by atoms with Gasteiger partial charge in [0, 0.05) is 3.57 Å². The Morgan fingerprint density at radius 1 is 1.04 bits per heavy atom. The molecule has 2 amide bonds. The number of carbonyl (C=O) groups excluding carboxylic acids is 2. The van der Waals surface area contributed by atoms with E-state index in [4.69, 9.17) is 0 Å². The molecule has 1 aliphatic rings. The van der Waals surface area contributed by atoms with Crippen molar-refractivity contribution in [2.75, 3.05) is 5.32 Å².